The highest BCUT2D eigenvalue weighted by Gasteiger charge is 2.07. The fourth-order valence-corrected chi connectivity index (χ4v) is 2.26. The van der Waals surface area contributed by atoms with Gasteiger partial charge in [0.05, 0.1) is 5.69 Å². The van der Waals surface area contributed by atoms with Crippen LogP contribution in [0, 0.1) is 0 Å². The van der Waals surface area contributed by atoms with E-state index in [0.29, 0.717) is 5.56 Å². The third-order valence-corrected chi connectivity index (χ3v) is 3.83. The molecule has 1 amide bonds. The Kier molecular flexibility index (Phi) is 4.55. The molecular formula is C14H11Br2NO. The maximum absolute atomic E-state index is 12.0. The van der Waals surface area contributed by atoms with E-state index >= 15 is 0 Å². The van der Waals surface area contributed by atoms with Crippen molar-refractivity contribution in [1.29, 1.82) is 0 Å². The minimum absolute atomic E-state index is 0.108. The Morgan fingerprint density at radius 1 is 1.06 bits per heavy atom. The second kappa shape index (κ2) is 6.16. The van der Waals surface area contributed by atoms with Gasteiger partial charge in [0.1, 0.15) is 0 Å². The number of nitrogens with one attached hydrogen (secondary N) is 1. The standard InChI is InChI=1S/C14H11Br2NO/c15-9-10-5-7-11(8-6-10)14(18)17-13-4-2-1-3-12(13)16/h1-8H,9H2,(H,17,18). The van der Waals surface area contributed by atoms with Crippen molar-refractivity contribution in [3.63, 3.8) is 0 Å². The van der Waals surface area contributed by atoms with Crippen molar-refractivity contribution < 1.29 is 4.79 Å². The van der Waals surface area contributed by atoms with E-state index < -0.39 is 0 Å². The largest absolute Gasteiger partial charge is 0.321 e. The molecule has 0 spiro atoms. The summed E-state index contributed by atoms with van der Waals surface area (Å²) >= 11 is 6.77. The first-order chi connectivity index (χ1) is 8.70. The monoisotopic (exact) mass is 367 g/mol. The topological polar surface area (TPSA) is 29.1 Å². The van der Waals surface area contributed by atoms with E-state index in [4.69, 9.17) is 0 Å². The minimum Gasteiger partial charge on any atom is -0.321 e. The predicted octanol–water partition coefficient (Wildman–Crippen LogP) is 4.60. The Bertz CT molecular complexity index is 552. The Labute approximate surface area is 123 Å². The molecule has 0 heterocycles. The van der Waals surface area contributed by atoms with Gasteiger partial charge in [-0.15, -0.1) is 0 Å². The van der Waals surface area contributed by atoms with E-state index in [0.717, 1.165) is 21.1 Å². The summed E-state index contributed by atoms with van der Waals surface area (Å²) in [6, 6.07) is 15.1. The van der Waals surface area contributed by atoms with Crippen molar-refractivity contribution in [2.75, 3.05) is 5.32 Å². The fraction of sp³-hybridized carbons (Fsp3) is 0.0714. The highest BCUT2D eigenvalue weighted by atomic mass is 79.9. The van der Waals surface area contributed by atoms with Gasteiger partial charge >= 0.3 is 0 Å². The van der Waals surface area contributed by atoms with Gasteiger partial charge in [0.2, 0.25) is 0 Å². The molecule has 4 heteroatoms. The molecule has 2 nitrogen and oxygen atoms in total. The summed E-state index contributed by atoms with van der Waals surface area (Å²) in [5, 5.41) is 3.66. The van der Waals surface area contributed by atoms with Crippen LogP contribution in [0.15, 0.2) is 53.0 Å². The van der Waals surface area contributed by atoms with Gasteiger partial charge in [-0.25, -0.2) is 0 Å². The molecule has 0 atom stereocenters. The Hall–Kier alpha value is -1.13. The Morgan fingerprint density at radius 3 is 2.33 bits per heavy atom. The smallest absolute Gasteiger partial charge is 0.255 e. The lowest BCUT2D eigenvalue weighted by Crippen LogP contribution is -2.12. The molecular weight excluding hydrogens is 358 g/mol. The van der Waals surface area contributed by atoms with Crippen molar-refractivity contribution in [1.82, 2.24) is 0 Å². The maximum atomic E-state index is 12.0. The van der Waals surface area contributed by atoms with Gasteiger partial charge in [0.25, 0.3) is 5.91 Å². The molecule has 2 rings (SSSR count). The zero-order chi connectivity index (χ0) is 13.0. The second-order valence-electron chi connectivity index (χ2n) is 3.76. The van der Waals surface area contributed by atoms with Gasteiger partial charge in [0.15, 0.2) is 0 Å². The van der Waals surface area contributed by atoms with Crippen LogP contribution >= 0.6 is 31.9 Å². The first-order valence-electron chi connectivity index (χ1n) is 5.41. The Morgan fingerprint density at radius 2 is 1.72 bits per heavy atom. The molecule has 0 saturated heterocycles. The number of rotatable bonds is 3. The molecule has 2 aromatic carbocycles. The van der Waals surface area contributed by atoms with E-state index in [9.17, 15) is 4.79 Å². The van der Waals surface area contributed by atoms with Gasteiger partial charge < -0.3 is 5.32 Å². The summed E-state index contributed by atoms with van der Waals surface area (Å²) in [5.74, 6) is -0.108. The third-order valence-electron chi connectivity index (χ3n) is 2.49. The SMILES string of the molecule is O=C(Nc1ccccc1Br)c1ccc(CBr)cc1. The van der Waals surface area contributed by atoms with Gasteiger partial charge in [-0.1, -0.05) is 40.2 Å². The van der Waals surface area contributed by atoms with Crippen LogP contribution in [0.5, 0.6) is 0 Å². The lowest BCUT2D eigenvalue weighted by Gasteiger charge is -2.07. The average molecular weight is 369 g/mol. The molecule has 0 aromatic heterocycles. The van der Waals surface area contributed by atoms with Crippen molar-refractivity contribution in [2.24, 2.45) is 0 Å². The quantitative estimate of drug-likeness (QED) is 0.788. The van der Waals surface area contributed by atoms with E-state index in [1.54, 1.807) is 0 Å². The minimum atomic E-state index is -0.108. The summed E-state index contributed by atoms with van der Waals surface area (Å²) in [4.78, 5) is 12.0. The van der Waals surface area contributed by atoms with Crippen LogP contribution in [-0.2, 0) is 5.33 Å². The average Bonchev–Trinajstić information content (AvgIpc) is 2.41. The number of benzene rings is 2. The molecule has 0 radical (unpaired) electrons. The number of anilines is 1. The maximum Gasteiger partial charge on any atom is 0.255 e. The van der Waals surface area contributed by atoms with Crippen LogP contribution < -0.4 is 5.32 Å². The molecule has 18 heavy (non-hydrogen) atoms. The summed E-state index contributed by atoms with van der Waals surface area (Å²) in [5.41, 5.74) is 2.56. The van der Waals surface area contributed by atoms with Gasteiger partial charge in [0, 0.05) is 15.4 Å². The molecule has 0 fully saturated rings. The molecule has 0 unspecified atom stereocenters. The number of alkyl halides is 1. The molecule has 92 valence electrons. The normalized spacial score (nSPS) is 10.1. The lowest BCUT2D eigenvalue weighted by atomic mass is 10.1. The van der Waals surface area contributed by atoms with Crippen LogP contribution in [0.1, 0.15) is 15.9 Å². The summed E-state index contributed by atoms with van der Waals surface area (Å²) in [6.45, 7) is 0. The van der Waals surface area contributed by atoms with Crippen LogP contribution in [0.25, 0.3) is 0 Å². The molecule has 0 aliphatic heterocycles. The highest BCUT2D eigenvalue weighted by molar-refractivity contribution is 9.10. The van der Waals surface area contributed by atoms with Crippen molar-refractivity contribution in [3.05, 3.63) is 64.1 Å². The number of hydrogen-bond acceptors (Lipinski definition) is 1. The summed E-state index contributed by atoms with van der Waals surface area (Å²) in [6.07, 6.45) is 0. The first-order valence-corrected chi connectivity index (χ1v) is 7.33. The van der Waals surface area contributed by atoms with Gasteiger partial charge in [-0.2, -0.15) is 0 Å². The predicted molar refractivity (Wildman–Crippen MR) is 81.2 cm³/mol. The third kappa shape index (κ3) is 3.21. The number of carbonyl (C=O) groups is 1. The number of hydrogen-bond donors (Lipinski definition) is 1. The molecule has 0 aliphatic carbocycles. The van der Waals surface area contributed by atoms with Crippen LogP contribution in [0.4, 0.5) is 5.69 Å². The molecule has 0 bridgehead atoms. The van der Waals surface area contributed by atoms with E-state index in [-0.39, 0.29) is 5.91 Å². The second-order valence-corrected chi connectivity index (χ2v) is 5.18. The number of halogens is 2. The van der Waals surface area contributed by atoms with Crippen LogP contribution in [-0.4, -0.2) is 5.91 Å². The highest BCUT2D eigenvalue weighted by Crippen LogP contribution is 2.22. The van der Waals surface area contributed by atoms with Crippen molar-refractivity contribution in [3.8, 4) is 0 Å². The molecule has 0 saturated carbocycles. The zero-order valence-corrected chi connectivity index (χ0v) is 12.7. The van der Waals surface area contributed by atoms with E-state index in [2.05, 4.69) is 37.2 Å². The number of amides is 1. The lowest BCUT2D eigenvalue weighted by molar-refractivity contribution is 0.102. The summed E-state index contributed by atoms with van der Waals surface area (Å²) in [7, 11) is 0. The van der Waals surface area contributed by atoms with E-state index in [1.807, 2.05) is 48.5 Å². The van der Waals surface area contributed by atoms with Crippen molar-refractivity contribution in [2.45, 2.75) is 5.33 Å². The number of para-hydroxylation sites is 1. The first kappa shape index (κ1) is 13.3. The molecule has 1 N–H and O–H groups in total. The van der Waals surface area contributed by atoms with E-state index in [1.165, 1.54) is 0 Å². The zero-order valence-electron chi connectivity index (χ0n) is 9.49. The molecule has 2 aromatic rings. The summed E-state index contributed by atoms with van der Waals surface area (Å²) < 4.78 is 0.871. The van der Waals surface area contributed by atoms with Gasteiger partial charge in [-0.3, -0.25) is 4.79 Å². The van der Waals surface area contributed by atoms with Crippen LogP contribution in [0.3, 0.4) is 0 Å². The fourth-order valence-electron chi connectivity index (χ4n) is 1.50. The molecule has 0 aliphatic rings. The van der Waals surface area contributed by atoms with Crippen molar-refractivity contribution >= 4 is 43.5 Å². The van der Waals surface area contributed by atoms with Crippen LogP contribution in [0.2, 0.25) is 0 Å². The number of carbonyl (C=O) groups excluding carboxylic acids is 1. The Balaban J connectivity index is 2.14. The van der Waals surface area contributed by atoms with Gasteiger partial charge in [-0.05, 0) is 45.8 Å².